The average molecular weight is 296 g/mol. The Morgan fingerprint density at radius 1 is 1.09 bits per heavy atom. The summed E-state index contributed by atoms with van der Waals surface area (Å²) in [7, 11) is 0. The zero-order valence-corrected chi connectivity index (χ0v) is 13.4. The van der Waals surface area contributed by atoms with E-state index >= 15 is 0 Å². The number of aromatic nitrogens is 2. The molecule has 0 unspecified atom stereocenters. The lowest BCUT2D eigenvalue weighted by Gasteiger charge is -2.32. The summed E-state index contributed by atoms with van der Waals surface area (Å²) in [6.07, 6.45) is 4.90. The van der Waals surface area contributed by atoms with Gasteiger partial charge in [0.1, 0.15) is 5.82 Å². The van der Waals surface area contributed by atoms with Crippen LogP contribution in [0.15, 0.2) is 30.3 Å². The first-order valence-corrected chi connectivity index (χ1v) is 8.08. The number of hydrogen-bond donors (Lipinski definition) is 1. The van der Waals surface area contributed by atoms with Gasteiger partial charge in [-0.2, -0.15) is 4.98 Å². The van der Waals surface area contributed by atoms with Gasteiger partial charge in [-0.1, -0.05) is 37.1 Å². The maximum absolute atomic E-state index is 5.87. The highest BCUT2D eigenvalue weighted by molar-refractivity contribution is 5.47. The largest absolute Gasteiger partial charge is 0.368 e. The van der Waals surface area contributed by atoms with E-state index in [9.17, 15) is 0 Å². The number of nitrogens with two attached hydrogens (primary N) is 1. The summed E-state index contributed by atoms with van der Waals surface area (Å²) < 4.78 is 0. The molecule has 22 heavy (non-hydrogen) atoms. The highest BCUT2D eigenvalue weighted by Gasteiger charge is 2.25. The molecular weight excluding hydrogens is 272 g/mol. The van der Waals surface area contributed by atoms with Gasteiger partial charge >= 0.3 is 0 Å². The molecule has 1 aliphatic heterocycles. The molecule has 4 nitrogen and oxygen atoms in total. The Morgan fingerprint density at radius 3 is 2.68 bits per heavy atom. The Labute approximate surface area is 132 Å². The molecule has 4 heteroatoms. The van der Waals surface area contributed by atoms with E-state index in [1.165, 1.54) is 30.4 Å². The molecule has 1 atom stereocenters. The second kappa shape index (κ2) is 6.34. The summed E-state index contributed by atoms with van der Waals surface area (Å²) in [5.41, 5.74) is 9.54. The highest BCUT2D eigenvalue weighted by Crippen LogP contribution is 2.35. The smallest absolute Gasteiger partial charge is 0.222 e. The van der Waals surface area contributed by atoms with Gasteiger partial charge in [-0.15, -0.1) is 0 Å². The number of rotatable bonds is 2. The predicted octanol–water partition coefficient (Wildman–Crippen LogP) is 3.80. The van der Waals surface area contributed by atoms with E-state index in [1.54, 1.807) is 0 Å². The molecule has 0 aliphatic carbocycles. The molecule has 1 aromatic heterocycles. The van der Waals surface area contributed by atoms with Crippen molar-refractivity contribution in [2.45, 2.75) is 45.6 Å². The summed E-state index contributed by atoms with van der Waals surface area (Å²) in [5.74, 6) is 1.32. The van der Waals surface area contributed by atoms with Crippen molar-refractivity contribution in [3.8, 4) is 0 Å². The van der Waals surface area contributed by atoms with E-state index in [4.69, 9.17) is 5.73 Å². The van der Waals surface area contributed by atoms with Crippen molar-refractivity contribution in [3.63, 3.8) is 0 Å². The minimum atomic E-state index is 0.364. The van der Waals surface area contributed by atoms with Crippen LogP contribution in [0.4, 0.5) is 11.8 Å². The third-order valence-electron chi connectivity index (χ3n) is 4.45. The van der Waals surface area contributed by atoms with Gasteiger partial charge in [0, 0.05) is 18.3 Å². The van der Waals surface area contributed by atoms with Gasteiger partial charge in [0.15, 0.2) is 0 Å². The molecule has 2 aromatic rings. The molecule has 2 N–H and O–H groups in total. The zero-order valence-electron chi connectivity index (χ0n) is 13.4. The predicted molar refractivity (Wildman–Crippen MR) is 90.9 cm³/mol. The maximum Gasteiger partial charge on any atom is 0.222 e. The van der Waals surface area contributed by atoms with Crippen LogP contribution < -0.4 is 10.6 Å². The molecule has 0 amide bonds. The van der Waals surface area contributed by atoms with Crippen molar-refractivity contribution in [1.82, 2.24) is 9.97 Å². The fourth-order valence-corrected chi connectivity index (χ4v) is 3.39. The Balaban J connectivity index is 2.03. The Bertz CT molecular complexity index is 633. The SMILES string of the molecule is Cc1cc(N2CCCCC[C@@H]2c2ccccc2C)nc(N)n1. The molecular formula is C18H24N4. The fraction of sp³-hybridized carbons (Fsp3) is 0.444. The summed E-state index contributed by atoms with van der Waals surface area (Å²) in [6.45, 7) is 5.19. The molecule has 2 heterocycles. The van der Waals surface area contributed by atoms with E-state index in [2.05, 4.69) is 46.1 Å². The van der Waals surface area contributed by atoms with E-state index in [0.29, 0.717) is 12.0 Å². The molecule has 0 saturated carbocycles. The van der Waals surface area contributed by atoms with Crippen LogP contribution >= 0.6 is 0 Å². The molecule has 1 saturated heterocycles. The zero-order chi connectivity index (χ0) is 15.5. The number of anilines is 2. The molecule has 116 valence electrons. The van der Waals surface area contributed by atoms with Gasteiger partial charge in [0.25, 0.3) is 0 Å². The standard InChI is InChI=1S/C18H24N4/c1-13-8-5-6-9-15(13)16-10-4-3-7-11-22(16)17-12-14(2)20-18(19)21-17/h5-6,8-9,12,16H,3-4,7,10-11H2,1-2H3,(H2,19,20,21)/t16-/m1/s1. The first-order valence-electron chi connectivity index (χ1n) is 8.08. The second-order valence-electron chi connectivity index (χ2n) is 6.14. The number of nitrogens with zero attached hydrogens (tertiary/aromatic N) is 3. The lowest BCUT2D eigenvalue weighted by atomic mass is 9.96. The molecule has 0 bridgehead atoms. The van der Waals surface area contributed by atoms with Gasteiger partial charge in [-0.3, -0.25) is 0 Å². The van der Waals surface area contributed by atoms with Crippen molar-refractivity contribution in [2.24, 2.45) is 0 Å². The van der Waals surface area contributed by atoms with Crippen LogP contribution in [-0.2, 0) is 0 Å². The van der Waals surface area contributed by atoms with Crippen molar-refractivity contribution in [3.05, 3.63) is 47.2 Å². The van der Waals surface area contributed by atoms with Gasteiger partial charge in [-0.05, 0) is 37.8 Å². The Morgan fingerprint density at radius 2 is 1.91 bits per heavy atom. The monoisotopic (exact) mass is 296 g/mol. The van der Waals surface area contributed by atoms with Crippen molar-refractivity contribution >= 4 is 11.8 Å². The molecule has 3 rings (SSSR count). The summed E-state index contributed by atoms with van der Waals surface area (Å²) in [6, 6.07) is 11.1. The quantitative estimate of drug-likeness (QED) is 0.916. The molecule has 1 fully saturated rings. The van der Waals surface area contributed by atoms with Crippen LogP contribution in [0.25, 0.3) is 0 Å². The maximum atomic E-state index is 5.87. The minimum absolute atomic E-state index is 0.364. The topological polar surface area (TPSA) is 55.0 Å². The van der Waals surface area contributed by atoms with Gasteiger partial charge in [-0.25, -0.2) is 4.98 Å². The lowest BCUT2D eigenvalue weighted by molar-refractivity contribution is 0.593. The molecule has 1 aliphatic rings. The highest BCUT2D eigenvalue weighted by atomic mass is 15.2. The molecule has 1 aromatic carbocycles. The van der Waals surface area contributed by atoms with Crippen LogP contribution in [0.1, 0.15) is 48.5 Å². The summed E-state index contributed by atoms with van der Waals surface area (Å²) in [5, 5.41) is 0. The van der Waals surface area contributed by atoms with E-state index in [0.717, 1.165) is 24.5 Å². The van der Waals surface area contributed by atoms with Crippen LogP contribution in [-0.4, -0.2) is 16.5 Å². The van der Waals surface area contributed by atoms with Crippen LogP contribution in [0.3, 0.4) is 0 Å². The number of aryl methyl sites for hydroxylation is 2. The fourth-order valence-electron chi connectivity index (χ4n) is 3.39. The Kier molecular flexibility index (Phi) is 4.27. The van der Waals surface area contributed by atoms with Crippen LogP contribution in [0.2, 0.25) is 0 Å². The first-order chi connectivity index (χ1) is 10.6. The molecule has 0 radical (unpaired) electrons. The van der Waals surface area contributed by atoms with E-state index in [1.807, 2.05) is 13.0 Å². The average Bonchev–Trinajstić information content (AvgIpc) is 2.72. The molecule has 0 spiro atoms. The lowest BCUT2D eigenvalue weighted by Crippen LogP contribution is -2.30. The number of hydrogen-bond acceptors (Lipinski definition) is 4. The number of nitrogen functional groups attached to an aromatic ring is 1. The second-order valence-corrected chi connectivity index (χ2v) is 6.14. The van der Waals surface area contributed by atoms with Gasteiger partial charge < -0.3 is 10.6 Å². The normalized spacial score (nSPS) is 19.0. The van der Waals surface area contributed by atoms with Crippen molar-refractivity contribution < 1.29 is 0 Å². The van der Waals surface area contributed by atoms with Gasteiger partial charge in [0.05, 0.1) is 6.04 Å². The van der Waals surface area contributed by atoms with Crippen molar-refractivity contribution in [1.29, 1.82) is 0 Å². The van der Waals surface area contributed by atoms with Crippen LogP contribution in [0, 0.1) is 13.8 Å². The summed E-state index contributed by atoms with van der Waals surface area (Å²) >= 11 is 0. The van der Waals surface area contributed by atoms with Crippen LogP contribution in [0.5, 0.6) is 0 Å². The Hall–Kier alpha value is -2.10. The van der Waals surface area contributed by atoms with Gasteiger partial charge in [0.2, 0.25) is 5.95 Å². The summed E-state index contributed by atoms with van der Waals surface area (Å²) in [4.78, 5) is 11.1. The minimum Gasteiger partial charge on any atom is -0.368 e. The van der Waals surface area contributed by atoms with Crippen molar-refractivity contribution in [2.75, 3.05) is 17.2 Å². The number of benzene rings is 1. The third-order valence-corrected chi connectivity index (χ3v) is 4.45. The first kappa shape index (κ1) is 14.8. The van der Waals surface area contributed by atoms with E-state index < -0.39 is 0 Å². The van der Waals surface area contributed by atoms with E-state index in [-0.39, 0.29) is 0 Å². The third kappa shape index (κ3) is 3.06.